The zero-order valence-electron chi connectivity index (χ0n) is 10.1. The van der Waals surface area contributed by atoms with Gasteiger partial charge in [-0.15, -0.1) is 0 Å². The van der Waals surface area contributed by atoms with E-state index in [1.165, 1.54) is 0 Å². The predicted molar refractivity (Wildman–Crippen MR) is 65.4 cm³/mol. The fourth-order valence-corrected chi connectivity index (χ4v) is 2.37. The molecule has 1 aliphatic carbocycles. The van der Waals surface area contributed by atoms with Crippen LogP contribution in [0, 0.1) is 0 Å². The number of hydrogen-bond donors (Lipinski definition) is 1. The van der Waals surface area contributed by atoms with Crippen LogP contribution in [-0.4, -0.2) is 23.6 Å². The van der Waals surface area contributed by atoms with Crippen molar-refractivity contribution in [2.24, 2.45) is 0 Å². The van der Waals surface area contributed by atoms with Gasteiger partial charge in [0.25, 0.3) is 0 Å². The molecule has 0 aliphatic heterocycles. The second kappa shape index (κ2) is 4.88. The number of carbonyl (C=O) groups is 1. The first kappa shape index (κ1) is 12.1. The highest BCUT2D eigenvalue weighted by Gasteiger charge is 2.37. The highest BCUT2D eigenvalue weighted by atomic mass is 16.5. The van der Waals surface area contributed by atoms with Crippen molar-refractivity contribution >= 4 is 5.78 Å². The van der Waals surface area contributed by atoms with Gasteiger partial charge in [0.1, 0.15) is 11.4 Å². The molecule has 0 atom stereocenters. The lowest BCUT2D eigenvalue weighted by Gasteiger charge is -2.30. The number of rotatable bonds is 3. The minimum Gasteiger partial charge on any atom is -0.497 e. The second-order valence-electron chi connectivity index (χ2n) is 4.65. The number of aliphatic hydroxyl groups is 1. The second-order valence-corrected chi connectivity index (χ2v) is 4.65. The standard InChI is InChI=1S/C14H18O3/c1-17-12-7-5-11(6-8-12)13(15)14(16)9-3-2-4-10-14/h5-8,16H,2-4,9-10H2,1H3. The molecule has 1 fully saturated rings. The van der Waals surface area contributed by atoms with Gasteiger partial charge >= 0.3 is 0 Å². The van der Waals surface area contributed by atoms with Crippen LogP contribution in [0.1, 0.15) is 42.5 Å². The molecule has 0 spiro atoms. The van der Waals surface area contributed by atoms with Crippen LogP contribution in [0.2, 0.25) is 0 Å². The van der Waals surface area contributed by atoms with E-state index in [0.29, 0.717) is 18.4 Å². The SMILES string of the molecule is COc1ccc(C(=O)C2(O)CCCCC2)cc1. The normalized spacial score (nSPS) is 18.7. The van der Waals surface area contributed by atoms with Gasteiger partial charge in [-0.1, -0.05) is 19.3 Å². The number of Topliss-reactive ketones (excluding diaryl/α,β-unsaturated/α-hetero) is 1. The summed E-state index contributed by atoms with van der Waals surface area (Å²) in [5.41, 5.74) is -0.581. The Hall–Kier alpha value is -1.35. The van der Waals surface area contributed by atoms with Gasteiger partial charge in [0.05, 0.1) is 7.11 Å². The summed E-state index contributed by atoms with van der Waals surface area (Å²) in [4.78, 5) is 12.2. The highest BCUT2D eigenvalue weighted by Crippen LogP contribution is 2.31. The van der Waals surface area contributed by atoms with Crippen molar-refractivity contribution in [2.45, 2.75) is 37.7 Å². The number of carbonyl (C=O) groups excluding carboxylic acids is 1. The van der Waals surface area contributed by atoms with Crippen LogP contribution in [0.3, 0.4) is 0 Å². The smallest absolute Gasteiger partial charge is 0.194 e. The maximum Gasteiger partial charge on any atom is 0.194 e. The molecule has 0 amide bonds. The molecule has 0 heterocycles. The maximum atomic E-state index is 12.2. The van der Waals surface area contributed by atoms with Gasteiger partial charge in [-0.3, -0.25) is 4.79 Å². The van der Waals surface area contributed by atoms with Crippen molar-refractivity contribution in [3.05, 3.63) is 29.8 Å². The van der Waals surface area contributed by atoms with E-state index >= 15 is 0 Å². The van der Waals surface area contributed by atoms with Crippen molar-refractivity contribution in [2.75, 3.05) is 7.11 Å². The molecule has 0 saturated heterocycles. The Labute approximate surface area is 101 Å². The lowest BCUT2D eigenvalue weighted by Crippen LogP contribution is -2.40. The van der Waals surface area contributed by atoms with Crippen molar-refractivity contribution in [3.8, 4) is 5.75 Å². The average molecular weight is 234 g/mol. The van der Waals surface area contributed by atoms with Crippen molar-refractivity contribution < 1.29 is 14.6 Å². The summed E-state index contributed by atoms with van der Waals surface area (Å²) < 4.78 is 5.05. The third-order valence-electron chi connectivity index (χ3n) is 3.46. The third-order valence-corrected chi connectivity index (χ3v) is 3.46. The molecule has 3 nitrogen and oxygen atoms in total. The summed E-state index contributed by atoms with van der Waals surface area (Å²) in [6.45, 7) is 0. The first-order valence-corrected chi connectivity index (χ1v) is 6.07. The van der Waals surface area contributed by atoms with E-state index in [2.05, 4.69) is 0 Å². The Bertz CT molecular complexity index is 388. The Balaban J connectivity index is 2.17. The molecule has 0 aromatic heterocycles. The van der Waals surface area contributed by atoms with Gasteiger partial charge in [-0.2, -0.15) is 0 Å². The molecule has 0 bridgehead atoms. The molecule has 2 rings (SSSR count). The average Bonchev–Trinajstić information content (AvgIpc) is 2.39. The summed E-state index contributed by atoms with van der Waals surface area (Å²) >= 11 is 0. The largest absolute Gasteiger partial charge is 0.497 e. The van der Waals surface area contributed by atoms with Crippen molar-refractivity contribution in [1.82, 2.24) is 0 Å². The van der Waals surface area contributed by atoms with Crippen molar-refractivity contribution in [3.63, 3.8) is 0 Å². The molecular formula is C14H18O3. The molecule has 1 saturated carbocycles. The van der Waals surface area contributed by atoms with Gasteiger partial charge in [-0.05, 0) is 37.1 Å². The van der Waals surface area contributed by atoms with Gasteiger partial charge in [-0.25, -0.2) is 0 Å². The first-order chi connectivity index (χ1) is 8.15. The van der Waals surface area contributed by atoms with Crippen LogP contribution in [0.4, 0.5) is 0 Å². The molecule has 1 aromatic rings. The van der Waals surface area contributed by atoms with Crippen molar-refractivity contribution in [1.29, 1.82) is 0 Å². The maximum absolute atomic E-state index is 12.2. The number of benzene rings is 1. The third kappa shape index (κ3) is 2.50. The van der Waals surface area contributed by atoms with E-state index in [-0.39, 0.29) is 5.78 Å². The summed E-state index contributed by atoms with van der Waals surface area (Å²) in [6, 6.07) is 6.93. The Kier molecular flexibility index (Phi) is 3.48. The Morgan fingerprint density at radius 2 is 1.76 bits per heavy atom. The number of ether oxygens (including phenoxy) is 1. The Morgan fingerprint density at radius 3 is 2.29 bits per heavy atom. The fraction of sp³-hybridized carbons (Fsp3) is 0.500. The summed E-state index contributed by atoms with van der Waals surface area (Å²) in [5, 5.41) is 10.3. The minimum absolute atomic E-state index is 0.153. The number of ketones is 1. The monoisotopic (exact) mass is 234 g/mol. The molecule has 1 aromatic carbocycles. The lowest BCUT2D eigenvalue weighted by molar-refractivity contribution is 0.0116. The zero-order valence-corrected chi connectivity index (χ0v) is 10.1. The molecule has 3 heteroatoms. The van der Waals surface area contributed by atoms with Crippen LogP contribution >= 0.6 is 0 Å². The molecule has 17 heavy (non-hydrogen) atoms. The molecule has 0 radical (unpaired) electrons. The molecule has 1 aliphatic rings. The quantitative estimate of drug-likeness (QED) is 0.818. The summed E-state index contributed by atoms with van der Waals surface area (Å²) in [7, 11) is 1.59. The molecular weight excluding hydrogens is 216 g/mol. The van der Waals surface area contributed by atoms with E-state index in [4.69, 9.17) is 4.74 Å². The van der Waals surface area contributed by atoms with Gasteiger partial charge in [0, 0.05) is 5.56 Å². The topological polar surface area (TPSA) is 46.5 Å². The van der Waals surface area contributed by atoms with Crippen LogP contribution in [0.5, 0.6) is 5.75 Å². The predicted octanol–water partition coefficient (Wildman–Crippen LogP) is 2.57. The van der Waals surface area contributed by atoms with Gasteiger partial charge in [0.15, 0.2) is 5.78 Å². The van der Waals surface area contributed by atoms with Crippen LogP contribution in [-0.2, 0) is 0 Å². The summed E-state index contributed by atoms with van der Waals surface area (Å²) in [5.74, 6) is 0.567. The first-order valence-electron chi connectivity index (χ1n) is 6.07. The van der Waals surface area contributed by atoms with E-state index in [1.54, 1.807) is 31.4 Å². The van der Waals surface area contributed by atoms with E-state index < -0.39 is 5.60 Å². The molecule has 0 unspecified atom stereocenters. The lowest BCUT2D eigenvalue weighted by atomic mass is 9.79. The van der Waals surface area contributed by atoms with E-state index in [1.807, 2.05) is 0 Å². The van der Waals surface area contributed by atoms with Crippen LogP contribution in [0.25, 0.3) is 0 Å². The molecule has 92 valence electrons. The molecule has 1 N–H and O–H groups in total. The minimum atomic E-state index is -1.15. The van der Waals surface area contributed by atoms with Gasteiger partial charge in [0.2, 0.25) is 0 Å². The number of methoxy groups -OCH3 is 1. The van der Waals surface area contributed by atoms with Crippen LogP contribution < -0.4 is 4.74 Å². The number of hydrogen-bond acceptors (Lipinski definition) is 3. The van der Waals surface area contributed by atoms with E-state index in [9.17, 15) is 9.90 Å². The van der Waals surface area contributed by atoms with Gasteiger partial charge < -0.3 is 9.84 Å². The van der Waals surface area contributed by atoms with Crippen LogP contribution in [0.15, 0.2) is 24.3 Å². The van der Waals surface area contributed by atoms with E-state index in [0.717, 1.165) is 25.0 Å². The summed E-state index contributed by atoms with van der Waals surface area (Å²) in [6.07, 6.45) is 4.13. The Morgan fingerprint density at radius 1 is 1.18 bits per heavy atom. The highest BCUT2D eigenvalue weighted by molar-refractivity contribution is 6.02. The fourth-order valence-electron chi connectivity index (χ4n) is 2.37. The zero-order chi connectivity index (χ0) is 12.3.